The van der Waals surface area contributed by atoms with Gasteiger partial charge in [0.15, 0.2) is 0 Å². The molecular weight excluding hydrogens is 423 g/mol. The number of nitrogens with one attached hydrogen (secondary N) is 1. The summed E-state index contributed by atoms with van der Waals surface area (Å²) in [6.45, 7) is 3.94. The van der Waals surface area contributed by atoms with Gasteiger partial charge in [0.25, 0.3) is 11.8 Å². The van der Waals surface area contributed by atoms with Gasteiger partial charge >= 0.3 is 0 Å². The van der Waals surface area contributed by atoms with Gasteiger partial charge in [-0.25, -0.2) is 9.37 Å². The number of carbonyl (C=O) groups is 2. The molecule has 2 amide bonds. The second kappa shape index (κ2) is 8.51. The number of hydrogen-bond donors (Lipinski definition) is 2. The summed E-state index contributed by atoms with van der Waals surface area (Å²) in [4.78, 5) is 28.9. The highest BCUT2D eigenvalue weighted by atomic mass is 19.1. The summed E-state index contributed by atoms with van der Waals surface area (Å²) in [5, 5.41) is 16.4. The van der Waals surface area contributed by atoms with E-state index in [4.69, 9.17) is 11.0 Å². The highest BCUT2D eigenvalue weighted by Crippen LogP contribution is 2.25. The summed E-state index contributed by atoms with van der Waals surface area (Å²) < 4.78 is 16.3. The van der Waals surface area contributed by atoms with E-state index in [0.29, 0.717) is 29.2 Å². The summed E-state index contributed by atoms with van der Waals surface area (Å²) >= 11 is 0. The van der Waals surface area contributed by atoms with Crippen molar-refractivity contribution in [2.75, 3.05) is 5.32 Å². The number of nitrogens with zero attached hydrogens (tertiary/aromatic N) is 4. The van der Waals surface area contributed by atoms with Crippen molar-refractivity contribution < 1.29 is 14.0 Å². The lowest BCUT2D eigenvalue weighted by atomic mass is 10.1. The Morgan fingerprint density at radius 2 is 1.94 bits per heavy atom. The van der Waals surface area contributed by atoms with Crippen LogP contribution in [0.25, 0.3) is 10.9 Å². The minimum atomic E-state index is -0.824. The van der Waals surface area contributed by atoms with Crippen molar-refractivity contribution in [3.05, 3.63) is 88.1 Å². The molecule has 0 aliphatic rings. The molecule has 3 N–H and O–H groups in total. The topological polar surface area (TPSA) is 127 Å². The van der Waals surface area contributed by atoms with Gasteiger partial charge in [0, 0.05) is 5.39 Å². The van der Waals surface area contributed by atoms with Gasteiger partial charge < -0.3 is 11.1 Å². The summed E-state index contributed by atoms with van der Waals surface area (Å²) in [6.07, 6.45) is 0. The van der Waals surface area contributed by atoms with Crippen molar-refractivity contribution in [3.63, 3.8) is 0 Å². The minimum absolute atomic E-state index is 0.00369. The van der Waals surface area contributed by atoms with E-state index in [1.54, 1.807) is 36.7 Å². The first kappa shape index (κ1) is 21.6. The van der Waals surface area contributed by atoms with E-state index < -0.39 is 17.6 Å². The Kier molecular flexibility index (Phi) is 5.58. The van der Waals surface area contributed by atoms with E-state index in [2.05, 4.69) is 21.5 Å². The lowest BCUT2D eigenvalue weighted by Gasteiger charge is -2.11. The molecule has 0 radical (unpaired) electrons. The number of fused-ring (bicyclic) bond motifs is 1. The monoisotopic (exact) mass is 442 g/mol. The number of aryl methyl sites for hydroxylation is 1. The number of pyridine rings is 1. The van der Waals surface area contributed by atoms with Gasteiger partial charge in [0.2, 0.25) is 0 Å². The minimum Gasteiger partial charge on any atom is -0.364 e. The molecule has 0 bridgehead atoms. The van der Waals surface area contributed by atoms with Crippen LogP contribution in [0.4, 0.5) is 10.1 Å². The number of nitrogens with two attached hydrogens (primary N) is 1. The maximum Gasteiger partial charge on any atom is 0.267 e. The molecule has 4 aromatic rings. The van der Waals surface area contributed by atoms with Crippen LogP contribution >= 0.6 is 0 Å². The molecule has 2 aromatic heterocycles. The van der Waals surface area contributed by atoms with Gasteiger partial charge in [-0.15, -0.1) is 0 Å². The average molecular weight is 442 g/mol. The van der Waals surface area contributed by atoms with Gasteiger partial charge in [0.1, 0.15) is 11.5 Å². The molecule has 0 fully saturated rings. The van der Waals surface area contributed by atoms with Crippen LogP contribution in [0.15, 0.2) is 48.5 Å². The van der Waals surface area contributed by atoms with Crippen molar-refractivity contribution >= 4 is 28.4 Å². The van der Waals surface area contributed by atoms with E-state index in [9.17, 15) is 14.0 Å². The summed E-state index contributed by atoms with van der Waals surface area (Å²) in [6, 6.07) is 14.6. The molecule has 8 nitrogen and oxygen atoms in total. The maximum atomic E-state index is 14.6. The van der Waals surface area contributed by atoms with Crippen LogP contribution in [0.3, 0.4) is 0 Å². The number of amides is 2. The van der Waals surface area contributed by atoms with Crippen LogP contribution in [0.2, 0.25) is 0 Å². The summed E-state index contributed by atoms with van der Waals surface area (Å²) in [5.74, 6) is -2.08. The third-order valence-electron chi connectivity index (χ3n) is 5.29. The molecule has 33 heavy (non-hydrogen) atoms. The standard InChI is InChI=1S/C24H19FN6O2/c1-13-22(14(2)31(30-13)12-16-6-3-5-15(9-16)11-26)29-24(33)17-10-20(23(27)32)28-19-8-4-7-18(25)21(17)19/h3-10H,12H2,1-2H3,(H2,27,32)(H,29,33). The first-order valence-corrected chi connectivity index (χ1v) is 10.0. The normalized spacial score (nSPS) is 10.7. The highest BCUT2D eigenvalue weighted by molar-refractivity contribution is 6.14. The first-order valence-electron chi connectivity index (χ1n) is 10.0. The molecule has 0 saturated heterocycles. The van der Waals surface area contributed by atoms with E-state index in [1.165, 1.54) is 24.3 Å². The van der Waals surface area contributed by atoms with Crippen LogP contribution in [0.1, 0.15) is 43.4 Å². The van der Waals surface area contributed by atoms with Crippen LogP contribution in [-0.4, -0.2) is 26.6 Å². The van der Waals surface area contributed by atoms with Crippen molar-refractivity contribution in [2.45, 2.75) is 20.4 Å². The van der Waals surface area contributed by atoms with E-state index in [1.807, 2.05) is 6.07 Å². The molecule has 0 aliphatic heterocycles. The fourth-order valence-electron chi connectivity index (χ4n) is 3.67. The fourth-order valence-corrected chi connectivity index (χ4v) is 3.67. The lowest BCUT2D eigenvalue weighted by molar-refractivity contribution is 0.0996. The molecule has 9 heteroatoms. The number of anilines is 1. The number of nitriles is 1. The number of rotatable bonds is 5. The van der Waals surface area contributed by atoms with E-state index >= 15 is 0 Å². The number of halogens is 1. The largest absolute Gasteiger partial charge is 0.364 e. The lowest BCUT2D eigenvalue weighted by Crippen LogP contribution is -2.18. The smallest absolute Gasteiger partial charge is 0.267 e. The van der Waals surface area contributed by atoms with Crippen molar-refractivity contribution in [1.82, 2.24) is 14.8 Å². The van der Waals surface area contributed by atoms with Crippen LogP contribution in [0.5, 0.6) is 0 Å². The van der Waals surface area contributed by atoms with E-state index in [-0.39, 0.29) is 22.2 Å². The fraction of sp³-hybridized carbons (Fsp3) is 0.125. The first-order chi connectivity index (χ1) is 15.8. The number of carbonyl (C=O) groups excluding carboxylic acids is 2. The summed E-state index contributed by atoms with van der Waals surface area (Å²) in [5.41, 5.74) is 8.44. The van der Waals surface area contributed by atoms with E-state index in [0.717, 1.165) is 5.56 Å². The molecule has 0 atom stereocenters. The molecule has 0 unspecified atom stereocenters. The van der Waals surface area contributed by atoms with Gasteiger partial charge in [-0.2, -0.15) is 10.4 Å². The zero-order chi connectivity index (χ0) is 23.7. The summed E-state index contributed by atoms with van der Waals surface area (Å²) in [7, 11) is 0. The molecule has 164 valence electrons. The molecule has 2 aromatic carbocycles. The SMILES string of the molecule is Cc1nn(Cc2cccc(C#N)c2)c(C)c1NC(=O)c1cc(C(N)=O)nc2cccc(F)c12. The number of primary amides is 1. The highest BCUT2D eigenvalue weighted by Gasteiger charge is 2.21. The van der Waals surface area contributed by atoms with Crippen molar-refractivity contribution in [2.24, 2.45) is 5.73 Å². The van der Waals surface area contributed by atoms with Crippen LogP contribution < -0.4 is 11.1 Å². The Morgan fingerprint density at radius 3 is 2.67 bits per heavy atom. The molecule has 0 aliphatic carbocycles. The second-order valence-corrected chi connectivity index (χ2v) is 7.52. The number of benzene rings is 2. The third-order valence-corrected chi connectivity index (χ3v) is 5.29. The van der Waals surface area contributed by atoms with Gasteiger partial charge in [-0.1, -0.05) is 18.2 Å². The van der Waals surface area contributed by atoms with Gasteiger partial charge in [-0.05, 0) is 49.7 Å². The molecule has 0 spiro atoms. The Hall–Kier alpha value is -4.58. The molecule has 4 rings (SSSR count). The quantitative estimate of drug-likeness (QED) is 0.489. The Bertz CT molecular complexity index is 1470. The van der Waals surface area contributed by atoms with Crippen molar-refractivity contribution in [1.29, 1.82) is 5.26 Å². The number of hydrogen-bond acceptors (Lipinski definition) is 5. The Labute approximate surface area is 188 Å². The zero-order valence-corrected chi connectivity index (χ0v) is 17.9. The molecule has 0 saturated carbocycles. The number of aromatic nitrogens is 3. The maximum absolute atomic E-state index is 14.6. The zero-order valence-electron chi connectivity index (χ0n) is 17.9. The van der Waals surface area contributed by atoms with Crippen LogP contribution in [-0.2, 0) is 6.54 Å². The van der Waals surface area contributed by atoms with Gasteiger partial charge in [-0.3, -0.25) is 14.3 Å². The average Bonchev–Trinajstić information content (AvgIpc) is 3.05. The Morgan fingerprint density at radius 1 is 1.18 bits per heavy atom. The third kappa shape index (κ3) is 4.14. The Balaban J connectivity index is 1.71. The predicted molar refractivity (Wildman–Crippen MR) is 120 cm³/mol. The molecule has 2 heterocycles. The second-order valence-electron chi connectivity index (χ2n) is 7.52. The molecular formula is C24H19FN6O2. The van der Waals surface area contributed by atoms with Crippen molar-refractivity contribution in [3.8, 4) is 6.07 Å². The predicted octanol–water partition coefficient (Wildman–Crippen LogP) is 3.46. The van der Waals surface area contributed by atoms with Crippen LogP contribution in [0, 0.1) is 31.0 Å². The van der Waals surface area contributed by atoms with Gasteiger partial charge in [0.05, 0.1) is 46.3 Å².